The van der Waals surface area contributed by atoms with Crippen LogP contribution in [0.3, 0.4) is 0 Å². The Labute approximate surface area is 119 Å². The summed E-state index contributed by atoms with van der Waals surface area (Å²) in [6.07, 6.45) is -5.60. The number of hydrogen-bond donors (Lipinski definition) is 4. The molecule has 0 amide bonds. The molecule has 5 nitrogen and oxygen atoms in total. The quantitative estimate of drug-likeness (QED) is 0.624. The van der Waals surface area contributed by atoms with E-state index in [-0.39, 0.29) is 0 Å². The molecule has 1 aromatic rings. The minimum Gasteiger partial charge on any atom is -0.394 e. The maximum Gasteiger partial charge on any atom is 0.113 e. The molecule has 0 saturated carbocycles. The summed E-state index contributed by atoms with van der Waals surface area (Å²) in [6.45, 7) is 1.44. The van der Waals surface area contributed by atoms with Crippen LogP contribution < -0.4 is 0 Å². The van der Waals surface area contributed by atoms with Crippen LogP contribution in [-0.4, -0.2) is 51.4 Å². The predicted octanol–water partition coefficient (Wildman–Crippen LogP) is 0.272. The highest BCUT2D eigenvalue weighted by molar-refractivity contribution is 9.10. The van der Waals surface area contributed by atoms with Crippen LogP contribution in [0.1, 0.15) is 17.2 Å². The fourth-order valence-electron chi connectivity index (χ4n) is 2.29. The third-order valence-corrected chi connectivity index (χ3v) is 4.37. The Morgan fingerprint density at radius 2 is 1.84 bits per heavy atom. The Morgan fingerprint density at radius 1 is 1.16 bits per heavy atom. The van der Waals surface area contributed by atoms with E-state index in [0.29, 0.717) is 5.56 Å². The lowest BCUT2D eigenvalue weighted by atomic mass is 9.89. The lowest BCUT2D eigenvalue weighted by Crippen LogP contribution is -2.55. The van der Waals surface area contributed by atoms with E-state index in [4.69, 9.17) is 9.84 Å². The first-order chi connectivity index (χ1) is 8.97. The van der Waals surface area contributed by atoms with Crippen molar-refractivity contribution < 1.29 is 25.2 Å². The van der Waals surface area contributed by atoms with Crippen LogP contribution in [-0.2, 0) is 4.74 Å². The zero-order chi connectivity index (χ0) is 14.2. The Hall–Kier alpha value is -0.500. The van der Waals surface area contributed by atoms with E-state index in [1.165, 1.54) is 0 Å². The molecule has 1 aromatic carbocycles. The van der Waals surface area contributed by atoms with Gasteiger partial charge in [0.15, 0.2) is 0 Å². The number of hydrogen-bond acceptors (Lipinski definition) is 5. The second-order valence-electron chi connectivity index (χ2n) is 4.70. The molecule has 0 spiro atoms. The zero-order valence-corrected chi connectivity index (χ0v) is 12.0. The highest BCUT2D eigenvalue weighted by atomic mass is 79.9. The first-order valence-corrected chi connectivity index (χ1v) is 6.82. The van der Waals surface area contributed by atoms with Gasteiger partial charge in [-0.1, -0.05) is 28.1 Å². The van der Waals surface area contributed by atoms with E-state index in [0.717, 1.165) is 10.0 Å². The van der Waals surface area contributed by atoms with Crippen molar-refractivity contribution in [2.75, 3.05) is 6.61 Å². The van der Waals surface area contributed by atoms with Gasteiger partial charge >= 0.3 is 0 Å². The average molecular weight is 333 g/mol. The Bertz CT molecular complexity index is 451. The van der Waals surface area contributed by atoms with Crippen molar-refractivity contribution in [3.8, 4) is 0 Å². The number of rotatable bonds is 2. The van der Waals surface area contributed by atoms with Crippen LogP contribution in [0.15, 0.2) is 22.7 Å². The molecular formula is C13H17BrO5. The number of benzene rings is 1. The number of ether oxygens (including phenoxy) is 1. The van der Waals surface area contributed by atoms with Crippen LogP contribution in [0, 0.1) is 6.92 Å². The summed E-state index contributed by atoms with van der Waals surface area (Å²) in [4.78, 5) is 0. The van der Waals surface area contributed by atoms with Crippen molar-refractivity contribution in [1.29, 1.82) is 0 Å². The summed E-state index contributed by atoms with van der Waals surface area (Å²) < 4.78 is 6.38. The number of aliphatic hydroxyl groups is 4. The first kappa shape index (κ1) is 14.9. The highest BCUT2D eigenvalue weighted by Crippen LogP contribution is 2.35. The van der Waals surface area contributed by atoms with E-state index in [9.17, 15) is 15.3 Å². The topological polar surface area (TPSA) is 90.2 Å². The zero-order valence-electron chi connectivity index (χ0n) is 10.4. The lowest BCUT2D eigenvalue weighted by molar-refractivity contribution is -0.231. The maximum absolute atomic E-state index is 10.1. The van der Waals surface area contributed by atoms with E-state index in [1.54, 1.807) is 12.1 Å². The van der Waals surface area contributed by atoms with Gasteiger partial charge in [-0.3, -0.25) is 0 Å². The van der Waals surface area contributed by atoms with Crippen molar-refractivity contribution in [2.24, 2.45) is 0 Å². The van der Waals surface area contributed by atoms with Gasteiger partial charge < -0.3 is 25.2 Å². The first-order valence-electron chi connectivity index (χ1n) is 6.03. The van der Waals surface area contributed by atoms with Gasteiger partial charge in [-0.25, -0.2) is 0 Å². The standard InChI is InChI=1S/C13H17BrO5/c1-6-7(3-2-4-8(6)14)13-12(18)11(17)10(16)9(5-15)19-13/h2-4,9-13,15-18H,5H2,1H3/t9-,10-,11+,12+,13-/m1/s1. The van der Waals surface area contributed by atoms with Gasteiger partial charge in [0.2, 0.25) is 0 Å². The van der Waals surface area contributed by atoms with Crippen molar-refractivity contribution in [1.82, 2.24) is 0 Å². The van der Waals surface area contributed by atoms with Crippen molar-refractivity contribution in [3.05, 3.63) is 33.8 Å². The molecule has 1 saturated heterocycles. The molecule has 4 N–H and O–H groups in total. The van der Waals surface area contributed by atoms with Gasteiger partial charge in [0.25, 0.3) is 0 Å². The molecule has 5 atom stereocenters. The maximum atomic E-state index is 10.1. The molecular weight excluding hydrogens is 316 g/mol. The molecule has 0 aliphatic carbocycles. The van der Waals surface area contributed by atoms with E-state index in [1.807, 2.05) is 13.0 Å². The van der Waals surface area contributed by atoms with Crippen molar-refractivity contribution >= 4 is 15.9 Å². The largest absolute Gasteiger partial charge is 0.394 e. The van der Waals surface area contributed by atoms with Crippen LogP contribution in [0.25, 0.3) is 0 Å². The average Bonchev–Trinajstić information content (AvgIpc) is 2.40. The summed E-state index contributed by atoms with van der Waals surface area (Å²) in [5.41, 5.74) is 1.60. The fraction of sp³-hybridized carbons (Fsp3) is 0.538. The lowest BCUT2D eigenvalue weighted by Gasteiger charge is -2.40. The fourth-order valence-corrected chi connectivity index (χ4v) is 2.67. The van der Waals surface area contributed by atoms with Crippen molar-refractivity contribution in [3.63, 3.8) is 0 Å². The molecule has 19 heavy (non-hydrogen) atoms. The molecule has 0 aromatic heterocycles. The second kappa shape index (κ2) is 5.87. The third-order valence-electron chi connectivity index (χ3n) is 3.51. The third kappa shape index (κ3) is 2.69. The molecule has 2 rings (SSSR count). The molecule has 1 aliphatic heterocycles. The van der Waals surface area contributed by atoms with Crippen LogP contribution in [0.2, 0.25) is 0 Å². The minimum atomic E-state index is -1.35. The van der Waals surface area contributed by atoms with Gasteiger partial charge in [-0.15, -0.1) is 0 Å². The second-order valence-corrected chi connectivity index (χ2v) is 5.56. The number of halogens is 1. The van der Waals surface area contributed by atoms with Crippen LogP contribution in [0.5, 0.6) is 0 Å². The summed E-state index contributed by atoms with van der Waals surface area (Å²) in [5.74, 6) is 0. The molecule has 1 aliphatic rings. The van der Waals surface area contributed by atoms with E-state index >= 15 is 0 Å². The summed E-state index contributed by atoms with van der Waals surface area (Å²) in [5, 5.41) is 38.8. The molecule has 6 heteroatoms. The van der Waals surface area contributed by atoms with Gasteiger partial charge in [0, 0.05) is 4.47 Å². The molecule has 0 unspecified atom stereocenters. The van der Waals surface area contributed by atoms with Crippen LogP contribution >= 0.6 is 15.9 Å². The minimum absolute atomic E-state index is 0.422. The Balaban J connectivity index is 2.35. The molecule has 1 fully saturated rings. The predicted molar refractivity (Wildman–Crippen MR) is 71.6 cm³/mol. The Morgan fingerprint density at radius 3 is 2.47 bits per heavy atom. The number of aliphatic hydroxyl groups excluding tert-OH is 4. The highest BCUT2D eigenvalue weighted by Gasteiger charge is 2.44. The van der Waals surface area contributed by atoms with E-state index < -0.39 is 37.1 Å². The molecule has 0 bridgehead atoms. The smallest absolute Gasteiger partial charge is 0.113 e. The molecule has 0 radical (unpaired) electrons. The summed E-state index contributed by atoms with van der Waals surface area (Å²) in [6, 6.07) is 5.45. The van der Waals surface area contributed by atoms with Gasteiger partial charge in [0.05, 0.1) is 6.61 Å². The monoisotopic (exact) mass is 332 g/mol. The summed E-state index contributed by atoms with van der Waals surface area (Å²) >= 11 is 3.39. The van der Waals surface area contributed by atoms with Gasteiger partial charge in [0.1, 0.15) is 30.5 Å². The van der Waals surface area contributed by atoms with E-state index in [2.05, 4.69) is 15.9 Å². The normalized spacial score (nSPS) is 35.4. The molecule has 106 valence electrons. The van der Waals surface area contributed by atoms with Gasteiger partial charge in [-0.05, 0) is 24.1 Å². The Kier molecular flexibility index (Phi) is 4.60. The van der Waals surface area contributed by atoms with Crippen LogP contribution in [0.4, 0.5) is 0 Å². The molecule has 1 heterocycles. The van der Waals surface area contributed by atoms with Gasteiger partial charge in [-0.2, -0.15) is 0 Å². The van der Waals surface area contributed by atoms with Crippen molar-refractivity contribution in [2.45, 2.75) is 37.4 Å². The SMILES string of the molecule is Cc1c(Br)cccc1[C@H]1O[C@H](CO)[C@@H](O)[C@H](O)[C@@H]1O. The summed E-state index contributed by atoms with van der Waals surface area (Å²) in [7, 11) is 0.